The van der Waals surface area contributed by atoms with E-state index < -0.39 is 5.97 Å². The van der Waals surface area contributed by atoms with Gasteiger partial charge in [-0.2, -0.15) is 0 Å². The number of carbonyl (C=O) groups is 1. The number of hydrogen-bond donors (Lipinski definition) is 2. The Morgan fingerprint density at radius 1 is 1.52 bits per heavy atom. The number of hydrogen-bond acceptors (Lipinski definition) is 7. The van der Waals surface area contributed by atoms with Crippen LogP contribution in [0.15, 0.2) is 9.79 Å². The molecule has 0 unspecified atom stereocenters. The fourth-order valence-electron chi connectivity index (χ4n) is 2.03. The van der Waals surface area contributed by atoms with Gasteiger partial charge in [-0.05, 0) is 19.4 Å². The maximum Gasteiger partial charge on any atom is 0.348 e. The molecule has 0 aromatic carbocycles. The van der Waals surface area contributed by atoms with Crippen molar-refractivity contribution in [3.8, 4) is 0 Å². The molecule has 0 aliphatic heterocycles. The van der Waals surface area contributed by atoms with Gasteiger partial charge in [-0.25, -0.2) is 9.78 Å². The monoisotopic (exact) mass is 354 g/mol. The minimum absolute atomic E-state index is 0.241. The van der Waals surface area contributed by atoms with Crippen LogP contribution in [0.25, 0.3) is 10.2 Å². The Morgan fingerprint density at radius 2 is 2.26 bits per heavy atom. The Bertz CT molecular complexity index is 810. The number of aryl methyl sites for hydroxylation is 1. The summed E-state index contributed by atoms with van der Waals surface area (Å²) in [6, 6.07) is 0. The minimum Gasteiger partial charge on any atom is -0.462 e. The molecule has 2 heterocycles. The van der Waals surface area contributed by atoms with Crippen LogP contribution in [0.2, 0.25) is 0 Å². The highest BCUT2D eigenvalue weighted by Crippen LogP contribution is 2.28. The lowest BCUT2D eigenvalue weighted by Crippen LogP contribution is -2.16. The Morgan fingerprint density at radius 3 is 2.87 bits per heavy atom. The van der Waals surface area contributed by atoms with E-state index in [9.17, 15) is 9.59 Å². The first-order valence-electron chi connectivity index (χ1n) is 6.98. The van der Waals surface area contributed by atoms with Crippen LogP contribution in [0.4, 0.5) is 0 Å². The Kier molecular flexibility index (Phi) is 5.78. The average molecular weight is 354 g/mol. The molecular weight excluding hydrogens is 336 g/mol. The van der Waals surface area contributed by atoms with Crippen molar-refractivity contribution >= 4 is 44.5 Å². The number of nitrogens with one attached hydrogen (secondary N) is 2. The third kappa shape index (κ3) is 3.73. The average Bonchev–Trinajstić information content (AvgIpc) is 2.86. The van der Waals surface area contributed by atoms with Gasteiger partial charge in [0, 0.05) is 14.1 Å². The van der Waals surface area contributed by atoms with E-state index >= 15 is 0 Å². The van der Waals surface area contributed by atoms with E-state index in [1.165, 1.54) is 23.1 Å². The van der Waals surface area contributed by atoms with Crippen molar-refractivity contribution in [2.75, 3.05) is 20.7 Å². The van der Waals surface area contributed by atoms with E-state index in [0.717, 1.165) is 5.17 Å². The predicted octanol–water partition coefficient (Wildman–Crippen LogP) is 1.91. The SMILES string of the molecule is CCOC(=O)c1sc2nc(CSC(=NC)NC)[nH]c(=O)c2c1C. The zero-order valence-corrected chi connectivity index (χ0v) is 15.0. The van der Waals surface area contributed by atoms with Crippen molar-refractivity contribution in [2.45, 2.75) is 19.6 Å². The number of aromatic nitrogens is 2. The molecule has 0 radical (unpaired) electrons. The Labute approximate surface area is 141 Å². The molecule has 0 saturated heterocycles. The third-order valence-electron chi connectivity index (χ3n) is 3.07. The number of rotatable bonds is 4. The maximum absolute atomic E-state index is 12.3. The molecule has 0 bridgehead atoms. The number of amidine groups is 1. The number of aliphatic imine (C=N–C) groups is 1. The third-order valence-corrected chi connectivity index (χ3v) is 5.32. The summed E-state index contributed by atoms with van der Waals surface area (Å²) >= 11 is 2.62. The number of thioether (sulfide) groups is 1. The lowest BCUT2D eigenvalue weighted by molar-refractivity contribution is 0.0531. The number of thiophene rings is 1. The van der Waals surface area contributed by atoms with E-state index in [4.69, 9.17) is 4.74 Å². The Hall–Kier alpha value is -1.87. The molecule has 0 aliphatic rings. The quantitative estimate of drug-likeness (QED) is 0.495. The van der Waals surface area contributed by atoms with Crippen LogP contribution in [0.3, 0.4) is 0 Å². The number of esters is 1. The van der Waals surface area contributed by atoms with Crippen molar-refractivity contribution in [1.82, 2.24) is 15.3 Å². The summed E-state index contributed by atoms with van der Waals surface area (Å²) in [5.74, 6) is 0.601. The molecule has 0 aliphatic carbocycles. The fourth-order valence-corrected chi connectivity index (χ4v) is 3.81. The van der Waals surface area contributed by atoms with Crippen LogP contribution in [-0.2, 0) is 10.5 Å². The van der Waals surface area contributed by atoms with Crippen LogP contribution in [-0.4, -0.2) is 41.8 Å². The second-order valence-electron chi connectivity index (χ2n) is 4.54. The van der Waals surface area contributed by atoms with Crippen molar-refractivity contribution in [3.05, 3.63) is 26.6 Å². The normalized spacial score (nSPS) is 11.7. The second-order valence-corrected chi connectivity index (χ2v) is 6.50. The molecule has 2 aromatic heterocycles. The highest BCUT2D eigenvalue weighted by atomic mass is 32.2. The molecular formula is C14H18N4O3S2. The van der Waals surface area contributed by atoms with Gasteiger partial charge in [0.1, 0.15) is 15.5 Å². The summed E-state index contributed by atoms with van der Waals surface area (Å²) in [5.41, 5.74) is 0.372. The summed E-state index contributed by atoms with van der Waals surface area (Å²) in [7, 11) is 3.47. The van der Waals surface area contributed by atoms with E-state index in [1.807, 2.05) is 0 Å². The first-order chi connectivity index (χ1) is 11.0. The molecule has 124 valence electrons. The number of aromatic amines is 1. The van der Waals surface area contributed by atoms with Gasteiger partial charge >= 0.3 is 5.97 Å². The van der Waals surface area contributed by atoms with E-state index in [-0.39, 0.29) is 5.56 Å². The number of ether oxygens (including phenoxy) is 1. The first kappa shape index (κ1) is 17.5. The number of fused-ring (bicyclic) bond motifs is 1. The molecule has 23 heavy (non-hydrogen) atoms. The van der Waals surface area contributed by atoms with Gasteiger partial charge in [0.25, 0.3) is 5.56 Å². The van der Waals surface area contributed by atoms with Crippen LogP contribution >= 0.6 is 23.1 Å². The standard InChI is InChI=1S/C14H18N4O3S2/c1-5-21-13(20)10-7(2)9-11(19)17-8(18-12(9)23-10)6-22-14(15-3)16-4/h5-6H2,1-4H3,(H,15,16)(H,17,18,19). The lowest BCUT2D eigenvalue weighted by Gasteiger charge is -2.03. The zero-order valence-electron chi connectivity index (χ0n) is 13.3. The number of carbonyl (C=O) groups excluding carboxylic acids is 1. The summed E-state index contributed by atoms with van der Waals surface area (Å²) in [6.07, 6.45) is 0. The molecule has 9 heteroatoms. The summed E-state index contributed by atoms with van der Waals surface area (Å²) in [6.45, 7) is 3.77. The molecule has 2 aromatic rings. The molecule has 0 spiro atoms. The van der Waals surface area contributed by atoms with Crippen LogP contribution in [0, 0.1) is 6.92 Å². The molecule has 2 rings (SSSR count). The zero-order chi connectivity index (χ0) is 17.0. The molecule has 0 atom stereocenters. The van der Waals surface area contributed by atoms with E-state index in [0.29, 0.717) is 38.8 Å². The summed E-state index contributed by atoms with van der Waals surface area (Å²) in [5, 5.41) is 4.15. The molecule has 0 saturated carbocycles. The minimum atomic E-state index is -0.418. The predicted molar refractivity (Wildman–Crippen MR) is 94.6 cm³/mol. The second kappa shape index (κ2) is 7.60. The highest BCUT2D eigenvalue weighted by Gasteiger charge is 2.20. The van der Waals surface area contributed by atoms with Crippen molar-refractivity contribution < 1.29 is 9.53 Å². The van der Waals surface area contributed by atoms with Gasteiger partial charge in [0.05, 0.1) is 17.7 Å². The number of nitrogens with zero attached hydrogens (tertiary/aromatic N) is 2. The van der Waals surface area contributed by atoms with Gasteiger partial charge in [-0.1, -0.05) is 11.8 Å². The van der Waals surface area contributed by atoms with E-state index in [2.05, 4.69) is 20.3 Å². The van der Waals surface area contributed by atoms with Gasteiger partial charge < -0.3 is 15.0 Å². The summed E-state index contributed by atoms with van der Waals surface area (Å²) in [4.78, 5) is 36.5. The fraction of sp³-hybridized carbons (Fsp3) is 0.429. The van der Waals surface area contributed by atoms with E-state index in [1.54, 1.807) is 27.9 Å². The largest absolute Gasteiger partial charge is 0.462 e. The van der Waals surface area contributed by atoms with Crippen LogP contribution < -0.4 is 10.9 Å². The molecule has 0 amide bonds. The van der Waals surface area contributed by atoms with Crippen molar-refractivity contribution in [2.24, 2.45) is 4.99 Å². The van der Waals surface area contributed by atoms with Crippen LogP contribution in [0.5, 0.6) is 0 Å². The first-order valence-corrected chi connectivity index (χ1v) is 8.78. The van der Waals surface area contributed by atoms with Gasteiger partial charge in [0.15, 0.2) is 5.17 Å². The molecule has 7 nitrogen and oxygen atoms in total. The topological polar surface area (TPSA) is 96.4 Å². The summed E-state index contributed by atoms with van der Waals surface area (Å²) < 4.78 is 5.02. The maximum atomic E-state index is 12.3. The van der Waals surface area contributed by atoms with Gasteiger partial charge in [-0.3, -0.25) is 9.79 Å². The highest BCUT2D eigenvalue weighted by molar-refractivity contribution is 8.13. The van der Waals surface area contributed by atoms with Gasteiger partial charge in [0.2, 0.25) is 0 Å². The lowest BCUT2D eigenvalue weighted by atomic mass is 10.2. The molecule has 0 fully saturated rings. The molecule has 2 N–H and O–H groups in total. The smallest absolute Gasteiger partial charge is 0.348 e. The van der Waals surface area contributed by atoms with Gasteiger partial charge in [-0.15, -0.1) is 11.3 Å². The Balaban J connectivity index is 2.38. The van der Waals surface area contributed by atoms with Crippen molar-refractivity contribution in [1.29, 1.82) is 0 Å². The number of H-pyrrole nitrogens is 1. The van der Waals surface area contributed by atoms with Crippen LogP contribution in [0.1, 0.15) is 28.0 Å². The van der Waals surface area contributed by atoms with Crippen molar-refractivity contribution in [3.63, 3.8) is 0 Å².